The van der Waals surface area contributed by atoms with E-state index < -0.39 is 10.0 Å². The van der Waals surface area contributed by atoms with Crippen molar-refractivity contribution in [2.75, 3.05) is 10.0 Å². The number of rotatable bonds is 9. The standard InChI is InChI=1S/C22H24N4O3S/c1-2-3-5-17-6-8-18(9-7-17)16-21(27)25-19-10-12-20(13-11-19)30(28,29)26-22-23-14-4-15-24-22/h4,6-15H,2-3,5,16H2,1H3,(H,25,27)(H,23,24,26). The molecule has 0 unspecified atom stereocenters. The number of carbonyl (C=O) groups excluding carboxylic acids is 1. The van der Waals surface area contributed by atoms with E-state index in [0.29, 0.717) is 5.69 Å². The molecule has 1 amide bonds. The maximum absolute atomic E-state index is 12.4. The normalized spacial score (nSPS) is 11.1. The molecule has 7 nitrogen and oxygen atoms in total. The Morgan fingerprint density at radius 3 is 2.20 bits per heavy atom. The molecule has 2 N–H and O–H groups in total. The number of amides is 1. The summed E-state index contributed by atoms with van der Waals surface area (Å²) in [4.78, 5) is 20.1. The molecule has 0 atom stereocenters. The number of carbonyl (C=O) groups is 1. The first-order valence-electron chi connectivity index (χ1n) is 9.74. The second-order valence-electron chi connectivity index (χ2n) is 6.85. The molecular weight excluding hydrogens is 400 g/mol. The van der Waals surface area contributed by atoms with E-state index >= 15 is 0 Å². The smallest absolute Gasteiger partial charge is 0.264 e. The first kappa shape index (κ1) is 21.4. The van der Waals surface area contributed by atoms with Crippen LogP contribution in [0.4, 0.5) is 11.6 Å². The molecule has 0 aliphatic carbocycles. The van der Waals surface area contributed by atoms with E-state index in [1.54, 1.807) is 18.2 Å². The summed E-state index contributed by atoms with van der Waals surface area (Å²) in [6.07, 6.45) is 6.49. The van der Waals surface area contributed by atoms with Gasteiger partial charge in [-0.05, 0) is 54.3 Å². The predicted molar refractivity (Wildman–Crippen MR) is 117 cm³/mol. The van der Waals surface area contributed by atoms with Crippen LogP contribution >= 0.6 is 0 Å². The van der Waals surface area contributed by atoms with Crippen molar-refractivity contribution in [2.45, 2.75) is 37.5 Å². The van der Waals surface area contributed by atoms with Crippen LogP contribution in [0.5, 0.6) is 0 Å². The van der Waals surface area contributed by atoms with Crippen molar-refractivity contribution in [2.24, 2.45) is 0 Å². The van der Waals surface area contributed by atoms with E-state index in [2.05, 4.69) is 39.1 Å². The van der Waals surface area contributed by atoms with Crippen LogP contribution in [0, 0.1) is 0 Å². The summed E-state index contributed by atoms with van der Waals surface area (Å²) in [5, 5.41) is 2.79. The van der Waals surface area contributed by atoms with E-state index in [-0.39, 0.29) is 23.2 Å². The Hall–Kier alpha value is -3.26. The highest BCUT2D eigenvalue weighted by atomic mass is 32.2. The topological polar surface area (TPSA) is 101 Å². The molecule has 0 bridgehead atoms. The van der Waals surface area contributed by atoms with Crippen molar-refractivity contribution in [3.8, 4) is 0 Å². The van der Waals surface area contributed by atoms with E-state index in [4.69, 9.17) is 0 Å². The summed E-state index contributed by atoms with van der Waals surface area (Å²) in [6, 6.07) is 15.6. The van der Waals surface area contributed by atoms with Crippen LogP contribution in [0.1, 0.15) is 30.9 Å². The third-order valence-corrected chi connectivity index (χ3v) is 5.79. The molecule has 0 fully saturated rings. The largest absolute Gasteiger partial charge is 0.326 e. The van der Waals surface area contributed by atoms with Crippen molar-refractivity contribution >= 4 is 27.6 Å². The molecular formula is C22H24N4O3S. The lowest BCUT2D eigenvalue weighted by Gasteiger charge is -2.09. The fourth-order valence-corrected chi connectivity index (χ4v) is 3.80. The zero-order chi connectivity index (χ0) is 21.4. The average Bonchev–Trinajstić information content (AvgIpc) is 2.74. The summed E-state index contributed by atoms with van der Waals surface area (Å²) >= 11 is 0. The molecule has 1 aromatic heterocycles. The minimum Gasteiger partial charge on any atom is -0.326 e. The van der Waals surface area contributed by atoms with Gasteiger partial charge >= 0.3 is 0 Å². The van der Waals surface area contributed by atoms with Gasteiger partial charge in [-0.2, -0.15) is 0 Å². The van der Waals surface area contributed by atoms with Gasteiger partial charge in [0.25, 0.3) is 10.0 Å². The molecule has 0 saturated heterocycles. The maximum Gasteiger partial charge on any atom is 0.264 e. The Labute approximate surface area is 176 Å². The zero-order valence-electron chi connectivity index (χ0n) is 16.7. The van der Waals surface area contributed by atoms with Gasteiger partial charge in [-0.25, -0.2) is 23.1 Å². The lowest BCUT2D eigenvalue weighted by Crippen LogP contribution is -2.16. The van der Waals surface area contributed by atoms with E-state index in [0.717, 1.165) is 24.8 Å². The number of nitrogens with one attached hydrogen (secondary N) is 2. The minimum absolute atomic E-state index is 0.00408. The van der Waals surface area contributed by atoms with Gasteiger partial charge in [0.2, 0.25) is 11.9 Å². The van der Waals surface area contributed by atoms with Crippen molar-refractivity contribution < 1.29 is 13.2 Å². The van der Waals surface area contributed by atoms with Gasteiger partial charge in [-0.3, -0.25) is 4.79 Å². The van der Waals surface area contributed by atoms with Crippen LogP contribution in [0.3, 0.4) is 0 Å². The quantitative estimate of drug-likeness (QED) is 0.544. The highest BCUT2D eigenvalue weighted by Gasteiger charge is 2.15. The third kappa shape index (κ3) is 6.12. The Balaban J connectivity index is 1.57. The molecule has 0 aliphatic heterocycles. The van der Waals surface area contributed by atoms with Crippen molar-refractivity contribution in [1.82, 2.24) is 9.97 Å². The van der Waals surface area contributed by atoms with E-state index in [1.807, 2.05) is 12.1 Å². The highest BCUT2D eigenvalue weighted by Crippen LogP contribution is 2.17. The van der Waals surface area contributed by atoms with Gasteiger partial charge in [0, 0.05) is 18.1 Å². The lowest BCUT2D eigenvalue weighted by atomic mass is 10.0. The molecule has 156 valence electrons. The number of sulfonamides is 1. The van der Waals surface area contributed by atoms with Gasteiger partial charge in [0.15, 0.2) is 0 Å². The molecule has 0 spiro atoms. The lowest BCUT2D eigenvalue weighted by molar-refractivity contribution is -0.115. The molecule has 0 radical (unpaired) electrons. The van der Waals surface area contributed by atoms with Crippen LogP contribution in [-0.2, 0) is 27.7 Å². The monoisotopic (exact) mass is 424 g/mol. The summed E-state index contributed by atoms with van der Waals surface area (Å²) in [5.41, 5.74) is 2.72. The maximum atomic E-state index is 12.4. The Morgan fingerprint density at radius 1 is 0.933 bits per heavy atom. The van der Waals surface area contributed by atoms with E-state index in [1.165, 1.54) is 30.1 Å². The highest BCUT2D eigenvalue weighted by molar-refractivity contribution is 7.92. The number of anilines is 2. The minimum atomic E-state index is -3.81. The predicted octanol–water partition coefficient (Wildman–Crippen LogP) is 3.80. The first-order chi connectivity index (χ1) is 14.5. The van der Waals surface area contributed by atoms with Gasteiger partial charge in [-0.1, -0.05) is 37.6 Å². The first-order valence-corrected chi connectivity index (χ1v) is 11.2. The molecule has 30 heavy (non-hydrogen) atoms. The third-order valence-electron chi connectivity index (χ3n) is 4.45. The molecule has 1 heterocycles. The fourth-order valence-electron chi connectivity index (χ4n) is 2.84. The van der Waals surface area contributed by atoms with Crippen molar-refractivity contribution in [1.29, 1.82) is 0 Å². The van der Waals surface area contributed by atoms with Gasteiger partial charge in [-0.15, -0.1) is 0 Å². The molecule has 2 aromatic carbocycles. The number of hydrogen-bond donors (Lipinski definition) is 2. The number of aryl methyl sites for hydroxylation is 1. The number of hydrogen-bond acceptors (Lipinski definition) is 5. The molecule has 8 heteroatoms. The van der Waals surface area contributed by atoms with Crippen LogP contribution < -0.4 is 10.0 Å². The second kappa shape index (κ2) is 9.98. The summed E-state index contributed by atoms with van der Waals surface area (Å²) in [7, 11) is -3.81. The number of nitrogens with zero attached hydrogens (tertiary/aromatic N) is 2. The number of aromatic nitrogens is 2. The van der Waals surface area contributed by atoms with Crippen LogP contribution in [0.2, 0.25) is 0 Å². The van der Waals surface area contributed by atoms with Crippen LogP contribution in [0.15, 0.2) is 71.9 Å². The van der Waals surface area contributed by atoms with Crippen molar-refractivity contribution in [3.63, 3.8) is 0 Å². The van der Waals surface area contributed by atoms with Gasteiger partial charge < -0.3 is 5.32 Å². The van der Waals surface area contributed by atoms with Gasteiger partial charge in [0.05, 0.1) is 11.3 Å². The number of unbranched alkanes of at least 4 members (excludes halogenated alkanes) is 1. The Morgan fingerprint density at radius 2 is 1.57 bits per heavy atom. The zero-order valence-corrected chi connectivity index (χ0v) is 17.5. The van der Waals surface area contributed by atoms with Crippen LogP contribution in [-0.4, -0.2) is 24.3 Å². The summed E-state index contributed by atoms with van der Waals surface area (Å²) in [6.45, 7) is 2.16. The van der Waals surface area contributed by atoms with E-state index in [9.17, 15) is 13.2 Å². The second-order valence-corrected chi connectivity index (χ2v) is 8.53. The number of benzene rings is 2. The molecule has 3 aromatic rings. The fraction of sp³-hybridized carbons (Fsp3) is 0.227. The van der Waals surface area contributed by atoms with Crippen LogP contribution in [0.25, 0.3) is 0 Å². The molecule has 0 saturated carbocycles. The average molecular weight is 425 g/mol. The van der Waals surface area contributed by atoms with Gasteiger partial charge in [0.1, 0.15) is 0 Å². The Bertz CT molecular complexity index is 1070. The molecule has 3 rings (SSSR count). The SMILES string of the molecule is CCCCc1ccc(CC(=O)Nc2ccc(S(=O)(=O)Nc3ncccn3)cc2)cc1. The Kier molecular flexibility index (Phi) is 7.13. The van der Waals surface area contributed by atoms with Crippen molar-refractivity contribution in [3.05, 3.63) is 78.1 Å². The summed E-state index contributed by atoms with van der Waals surface area (Å²) in [5.74, 6) is -0.168. The molecule has 0 aliphatic rings. The summed E-state index contributed by atoms with van der Waals surface area (Å²) < 4.78 is 27.1.